The first-order valence-electron chi connectivity index (χ1n) is 7.54. The third-order valence-electron chi connectivity index (χ3n) is 3.09. The molecule has 0 spiro atoms. The molecular formula is C13H22N6O8. The maximum atomic E-state index is 12.0. The molecule has 0 bridgehead atoms. The van der Waals surface area contributed by atoms with Crippen LogP contribution in [-0.2, 0) is 24.0 Å². The van der Waals surface area contributed by atoms with E-state index in [2.05, 4.69) is 0 Å². The molecule has 0 aliphatic heterocycles. The van der Waals surface area contributed by atoms with Crippen molar-refractivity contribution in [3.63, 3.8) is 0 Å². The zero-order valence-electron chi connectivity index (χ0n) is 14.3. The van der Waals surface area contributed by atoms with Gasteiger partial charge >= 0.3 is 12.0 Å². The van der Waals surface area contributed by atoms with Gasteiger partial charge in [0.05, 0.1) is 12.5 Å². The van der Waals surface area contributed by atoms with Crippen molar-refractivity contribution < 1.29 is 39.0 Å². The van der Waals surface area contributed by atoms with Crippen molar-refractivity contribution in [1.29, 1.82) is 0 Å². The summed E-state index contributed by atoms with van der Waals surface area (Å²) in [5.74, 6) is -4.49. The highest BCUT2D eigenvalue weighted by Crippen LogP contribution is 1.95. The highest BCUT2D eigenvalue weighted by atomic mass is 16.4. The molecule has 0 saturated heterocycles. The molecule has 14 heteroatoms. The van der Waals surface area contributed by atoms with Crippen LogP contribution in [0.5, 0.6) is 0 Å². The van der Waals surface area contributed by atoms with E-state index in [-0.39, 0.29) is 6.29 Å². The standard InChI is InChI=1S/C13H22N6O8/c1-5(21)9(15)11(24)19-18-10(23)7(4-8(14)22)17-13(27)16-6(2-3-20)12(25)26/h3,5-7,9,21H,2,4,15H2,1H3,(H2,14,22)(H,18,23)(H,19,24)(H,25,26)(H2,16,17,27). The number of aliphatic hydroxyl groups excluding tert-OH is 1. The highest BCUT2D eigenvalue weighted by Gasteiger charge is 2.27. The van der Waals surface area contributed by atoms with Crippen LogP contribution < -0.4 is 33.0 Å². The molecule has 0 aliphatic rings. The predicted molar refractivity (Wildman–Crippen MR) is 87.3 cm³/mol. The average molecular weight is 390 g/mol. The van der Waals surface area contributed by atoms with Gasteiger partial charge < -0.3 is 37.1 Å². The van der Waals surface area contributed by atoms with Crippen LogP contribution in [0.4, 0.5) is 4.79 Å². The number of carbonyl (C=O) groups excluding carboxylic acids is 5. The van der Waals surface area contributed by atoms with Crippen LogP contribution in [0.25, 0.3) is 0 Å². The van der Waals surface area contributed by atoms with Gasteiger partial charge in [-0.15, -0.1) is 0 Å². The number of hydrogen-bond donors (Lipinski definition) is 8. The summed E-state index contributed by atoms with van der Waals surface area (Å²) in [6.07, 6.45) is -2.14. The largest absolute Gasteiger partial charge is 0.480 e. The minimum Gasteiger partial charge on any atom is -0.480 e. The molecular weight excluding hydrogens is 368 g/mol. The minimum absolute atomic E-state index is 0.271. The highest BCUT2D eigenvalue weighted by molar-refractivity contribution is 5.93. The molecule has 0 radical (unpaired) electrons. The lowest BCUT2D eigenvalue weighted by Crippen LogP contribution is -2.59. The Morgan fingerprint density at radius 3 is 2.00 bits per heavy atom. The molecule has 0 fully saturated rings. The Morgan fingerprint density at radius 1 is 1.04 bits per heavy atom. The maximum absolute atomic E-state index is 12.0. The van der Waals surface area contributed by atoms with Crippen molar-refractivity contribution in [2.24, 2.45) is 11.5 Å². The SMILES string of the molecule is CC(O)C(N)C(=O)NNC(=O)C(CC(N)=O)NC(=O)NC(CC=O)C(=O)O. The molecule has 27 heavy (non-hydrogen) atoms. The molecule has 10 N–H and O–H groups in total. The number of amides is 5. The van der Waals surface area contributed by atoms with E-state index in [0.717, 1.165) is 0 Å². The van der Waals surface area contributed by atoms with Crippen molar-refractivity contribution >= 4 is 36.0 Å². The van der Waals surface area contributed by atoms with Crippen molar-refractivity contribution in [3.8, 4) is 0 Å². The Kier molecular flexibility index (Phi) is 10.0. The summed E-state index contributed by atoms with van der Waals surface area (Å²) in [5, 5.41) is 21.9. The van der Waals surface area contributed by atoms with E-state index in [1.54, 1.807) is 0 Å². The van der Waals surface area contributed by atoms with Gasteiger partial charge in [-0.25, -0.2) is 9.59 Å². The number of aldehydes is 1. The summed E-state index contributed by atoms with van der Waals surface area (Å²) in [5.41, 5.74) is 14.1. The van der Waals surface area contributed by atoms with Gasteiger partial charge in [-0.3, -0.25) is 25.2 Å². The van der Waals surface area contributed by atoms with Gasteiger partial charge in [0, 0.05) is 6.42 Å². The molecule has 152 valence electrons. The number of aliphatic hydroxyl groups is 1. The Bertz CT molecular complexity index is 595. The molecule has 0 aliphatic carbocycles. The van der Waals surface area contributed by atoms with Crippen molar-refractivity contribution in [3.05, 3.63) is 0 Å². The van der Waals surface area contributed by atoms with Gasteiger partial charge in [-0.2, -0.15) is 0 Å². The topological polar surface area (TPSA) is 243 Å². The summed E-state index contributed by atoms with van der Waals surface area (Å²) in [6, 6.07) is -5.65. The molecule has 14 nitrogen and oxygen atoms in total. The second kappa shape index (κ2) is 11.4. The van der Waals surface area contributed by atoms with Crippen LogP contribution in [0.15, 0.2) is 0 Å². The normalized spacial score (nSPS) is 14.6. The van der Waals surface area contributed by atoms with E-state index in [1.807, 2.05) is 21.5 Å². The Labute approximate surface area is 153 Å². The number of hydrazine groups is 1. The Hall–Kier alpha value is -3.26. The van der Waals surface area contributed by atoms with Crippen LogP contribution in [0.3, 0.4) is 0 Å². The molecule has 0 saturated carbocycles. The Morgan fingerprint density at radius 2 is 1.56 bits per heavy atom. The zero-order chi connectivity index (χ0) is 21.1. The van der Waals surface area contributed by atoms with E-state index in [1.165, 1.54) is 6.92 Å². The fourth-order valence-electron chi connectivity index (χ4n) is 1.60. The molecule has 0 aromatic rings. The molecule has 5 amide bonds. The number of aliphatic carboxylic acids is 1. The van der Waals surface area contributed by atoms with Gasteiger partial charge in [-0.05, 0) is 6.92 Å². The van der Waals surface area contributed by atoms with Gasteiger partial charge in [0.2, 0.25) is 5.91 Å². The molecule has 0 rings (SSSR count). The van der Waals surface area contributed by atoms with Crippen LogP contribution in [-0.4, -0.2) is 70.5 Å². The van der Waals surface area contributed by atoms with Crippen molar-refractivity contribution in [1.82, 2.24) is 21.5 Å². The number of nitrogens with two attached hydrogens (primary N) is 2. The van der Waals surface area contributed by atoms with E-state index in [4.69, 9.17) is 16.6 Å². The van der Waals surface area contributed by atoms with Crippen LogP contribution in [0.1, 0.15) is 19.8 Å². The number of hydrogen-bond acceptors (Lipinski definition) is 8. The fourth-order valence-corrected chi connectivity index (χ4v) is 1.60. The van der Waals surface area contributed by atoms with Crippen LogP contribution >= 0.6 is 0 Å². The Balaban J connectivity index is 4.90. The number of carbonyl (C=O) groups is 6. The third-order valence-corrected chi connectivity index (χ3v) is 3.09. The number of carboxylic acid groups (broad SMARTS) is 1. The van der Waals surface area contributed by atoms with Crippen molar-refractivity contribution in [2.75, 3.05) is 0 Å². The van der Waals surface area contributed by atoms with Gasteiger partial charge in [0.1, 0.15) is 24.4 Å². The second-order valence-corrected chi connectivity index (χ2v) is 5.38. The lowest BCUT2D eigenvalue weighted by Gasteiger charge is -2.20. The lowest BCUT2D eigenvalue weighted by molar-refractivity contribution is -0.140. The maximum Gasteiger partial charge on any atom is 0.326 e. The van der Waals surface area contributed by atoms with E-state index < -0.39 is 66.8 Å². The molecule has 0 aromatic carbocycles. The number of primary amides is 1. The average Bonchev–Trinajstić information content (AvgIpc) is 2.56. The van der Waals surface area contributed by atoms with Gasteiger partial charge in [-0.1, -0.05) is 0 Å². The number of rotatable bonds is 10. The molecule has 4 atom stereocenters. The summed E-state index contributed by atoms with van der Waals surface area (Å²) in [7, 11) is 0. The van der Waals surface area contributed by atoms with Gasteiger partial charge in [0.25, 0.3) is 11.8 Å². The molecule has 4 unspecified atom stereocenters. The smallest absolute Gasteiger partial charge is 0.326 e. The molecule has 0 aromatic heterocycles. The van der Waals surface area contributed by atoms with Crippen LogP contribution in [0, 0.1) is 0 Å². The monoisotopic (exact) mass is 390 g/mol. The number of nitrogens with one attached hydrogen (secondary N) is 4. The first kappa shape index (κ1) is 23.7. The first-order chi connectivity index (χ1) is 12.5. The third kappa shape index (κ3) is 9.13. The van der Waals surface area contributed by atoms with E-state index in [9.17, 15) is 33.9 Å². The van der Waals surface area contributed by atoms with Crippen molar-refractivity contribution in [2.45, 2.75) is 44.0 Å². The number of urea groups is 1. The van der Waals surface area contributed by atoms with Crippen LogP contribution in [0.2, 0.25) is 0 Å². The van der Waals surface area contributed by atoms with E-state index in [0.29, 0.717) is 0 Å². The van der Waals surface area contributed by atoms with E-state index >= 15 is 0 Å². The second-order valence-electron chi connectivity index (χ2n) is 5.38. The van der Waals surface area contributed by atoms with Gasteiger partial charge in [0.15, 0.2) is 0 Å². The zero-order valence-corrected chi connectivity index (χ0v) is 14.3. The predicted octanol–water partition coefficient (Wildman–Crippen LogP) is -4.57. The summed E-state index contributed by atoms with van der Waals surface area (Å²) in [4.78, 5) is 67.7. The fraction of sp³-hybridized carbons (Fsp3) is 0.538. The summed E-state index contributed by atoms with van der Waals surface area (Å²) >= 11 is 0. The first-order valence-corrected chi connectivity index (χ1v) is 7.54. The minimum atomic E-state index is -1.57. The summed E-state index contributed by atoms with van der Waals surface area (Å²) in [6.45, 7) is 1.24. The number of carboxylic acids is 1. The quantitative estimate of drug-likeness (QED) is 0.132. The summed E-state index contributed by atoms with van der Waals surface area (Å²) < 4.78 is 0. The molecule has 0 heterocycles. The lowest BCUT2D eigenvalue weighted by atomic mass is 10.2.